The minimum atomic E-state index is -0.00248. The molecule has 0 spiro atoms. The number of carbonyl (C=O) groups excluding carboxylic acids is 1. The summed E-state index contributed by atoms with van der Waals surface area (Å²) in [6.07, 6.45) is 5.33. The molecule has 160 valence electrons. The molecule has 7 nitrogen and oxygen atoms in total. The van der Waals surface area contributed by atoms with Crippen molar-refractivity contribution in [3.05, 3.63) is 90.4 Å². The zero-order chi connectivity index (χ0) is 21.9. The fraction of sp³-hybridized carbons (Fsp3) is 0.200. The van der Waals surface area contributed by atoms with Crippen LogP contribution in [0, 0.1) is 6.92 Å². The lowest BCUT2D eigenvalue weighted by atomic mass is 10.0. The van der Waals surface area contributed by atoms with Crippen molar-refractivity contribution in [3.63, 3.8) is 0 Å². The zero-order valence-electron chi connectivity index (χ0n) is 17.9. The van der Waals surface area contributed by atoms with Crippen LogP contribution in [-0.2, 0) is 0 Å². The monoisotopic (exact) mass is 424 g/mol. The number of aryl methyl sites for hydroxylation is 1. The minimum Gasteiger partial charge on any atom is -0.337 e. The number of rotatable bonds is 4. The van der Waals surface area contributed by atoms with Gasteiger partial charge in [-0.2, -0.15) is 5.10 Å². The summed E-state index contributed by atoms with van der Waals surface area (Å²) in [5.41, 5.74) is 4.32. The topological polar surface area (TPSA) is 67.2 Å². The average Bonchev–Trinajstić information content (AvgIpc) is 3.30. The number of piperazine rings is 1. The first-order chi connectivity index (χ1) is 15.7. The van der Waals surface area contributed by atoms with Gasteiger partial charge in [-0.3, -0.25) is 4.79 Å². The van der Waals surface area contributed by atoms with Crippen molar-refractivity contribution in [2.24, 2.45) is 0 Å². The summed E-state index contributed by atoms with van der Waals surface area (Å²) >= 11 is 0. The van der Waals surface area contributed by atoms with Gasteiger partial charge in [0, 0.05) is 50.3 Å². The van der Waals surface area contributed by atoms with Crippen molar-refractivity contribution in [1.82, 2.24) is 24.6 Å². The number of nitrogens with zero attached hydrogens (tertiary/aromatic N) is 6. The van der Waals surface area contributed by atoms with E-state index < -0.39 is 0 Å². The number of benzene rings is 2. The fourth-order valence-corrected chi connectivity index (χ4v) is 3.98. The number of hydrogen-bond acceptors (Lipinski definition) is 5. The van der Waals surface area contributed by atoms with E-state index in [0.29, 0.717) is 43.4 Å². The third-order valence-electron chi connectivity index (χ3n) is 5.66. The number of hydrogen-bond donors (Lipinski definition) is 0. The molecule has 2 aromatic heterocycles. The van der Waals surface area contributed by atoms with Crippen LogP contribution in [0.5, 0.6) is 0 Å². The van der Waals surface area contributed by atoms with Crippen LogP contribution in [0.15, 0.2) is 79.3 Å². The molecule has 1 aliphatic heterocycles. The van der Waals surface area contributed by atoms with Crippen molar-refractivity contribution in [3.8, 4) is 16.9 Å². The highest BCUT2D eigenvalue weighted by atomic mass is 16.2. The lowest BCUT2D eigenvalue weighted by Gasteiger charge is -2.34. The molecule has 0 aliphatic carbocycles. The van der Waals surface area contributed by atoms with Gasteiger partial charge in [0.1, 0.15) is 5.69 Å². The van der Waals surface area contributed by atoms with Crippen LogP contribution in [0.2, 0.25) is 0 Å². The Hall–Kier alpha value is -4.00. The molecule has 1 saturated heterocycles. The van der Waals surface area contributed by atoms with E-state index >= 15 is 0 Å². The third-order valence-corrected chi connectivity index (χ3v) is 5.66. The van der Waals surface area contributed by atoms with Crippen LogP contribution >= 0.6 is 0 Å². The Labute approximate surface area is 187 Å². The van der Waals surface area contributed by atoms with Gasteiger partial charge in [0.15, 0.2) is 0 Å². The molecule has 0 atom stereocenters. The lowest BCUT2D eigenvalue weighted by molar-refractivity contribution is 0.0747. The van der Waals surface area contributed by atoms with Gasteiger partial charge in [0.2, 0.25) is 5.95 Å². The molecule has 7 heteroatoms. The molecular weight excluding hydrogens is 400 g/mol. The van der Waals surface area contributed by atoms with Gasteiger partial charge in [-0.15, -0.1) is 0 Å². The SMILES string of the molecule is Cc1cccc(-c2nn(-c3ccccc3)cc2C(=O)N2CCN(c3ncccn3)CC2)c1. The van der Waals surface area contributed by atoms with Gasteiger partial charge in [-0.1, -0.05) is 42.0 Å². The van der Waals surface area contributed by atoms with Crippen LogP contribution in [0.3, 0.4) is 0 Å². The second-order valence-corrected chi connectivity index (χ2v) is 7.87. The first-order valence-corrected chi connectivity index (χ1v) is 10.7. The molecule has 32 heavy (non-hydrogen) atoms. The van der Waals surface area contributed by atoms with Crippen molar-refractivity contribution in [1.29, 1.82) is 0 Å². The van der Waals surface area contributed by atoms with Crippen molar-refractivity contribution in [2.75, 3.05) is 31.1 Å². The molecule has 0 N–H and O–H groups in total. The maximum atomic E-state index is 13.6. The van der Waals surface area contributed by atoms with Gasteiger partial charge in [-0.05, 0) is 31.2 Å². The summed E-state index contributed by atoms with van der Waals surface area (Å²) in [7, 11) is 0. The Kier molecular flexibility index (Phi) is 5.37. The highest BCUT2D eigenvalue weighted by Crippen LogP contribution is 2.26. The van der Waals surface area contributed by atoms with Gasteiger partial charge in [-0.25, -0.2) is 14.6 Å². The van der Waals surface area contributed by atoms with Crippen LogP contribution in [-0.4, -0.2) is 56.7 Å². The summed E-state index contributed by atoms with van der Waals surface area (Å²) in [6.45, 7) is 4.66. The lowest BCUT2D eigenvalue weighted by Crippen LogP contribution is -2.49. The normalized spacial score (nSPS) is 13.9. The summed E-state index contributed by atoms with van der Waals surface area (Å²) < 4.78 is 1.79. The Morgan fingerprint density at radius 2 is 1.62 bits per heavy atom. The van der Waals surface area contributed by atoms with E-state index in [1.54, 1.807) is 23.1 Å². The molecule has 2 aromatic carbocycles. The summed E-state index contributed by atoms with van der Waals surface area (Å²) in [6, 6.07) is 19.8. The first kappa shape index (κ1) is 19.9. The van der Waals surface area contributed by atoms with Crippen LogP contribution in [0.25, 0.3) is 16.9 Å². The van der Waals surface area contributed by atoms with E-state index in [0.717, 1.165) is 16.8 Å². The van der Waals surface area contributed by atoms with Gasteiger partial charge in [0.25, 0.3) is 5.91 Å². The maximum absolute atomic E-state index is 13.6. The number of para-hydroxylation sites is 1. The van der Waals surface area contributed by atoms with E-state index in [-0.39, 0.29) is 5.91 Å². The summed E-state index contributed by atoms with van der Waals surface area (Å²) in [4.78, 5) is 26.2. The Balaban J connectivity index is 1.44. The van der Waals surface area contributed by atoms with E-state index in [2.05, 4.69) is 20.9 Å². The van der Waals surface area contributed by atoms with E-state index in [4.69, 9.17) is 5.10 Å². The van der Waals surface area contributed by atoms with Crippen LogP contribution in [0.1, 0.15) is 15.9 Å². The predicted molar refractivity (Wildman–Crippen MR) is 124 cm³/mol. The first-order valence-electron chi connectivity index (χ1n) is 10.7. The standard InChI is InChI=1S/C25H24N6O/c1-19-7-5-8-20(17-19)23-22(18-31(28-23)21-9-3-2-4-10-21)24(32)29-13-15-30(16-14-29)25-26-11-6-12-27-25/h2-12,17-18H,13-16H2,1H3. The van der Waals surface area contributed by atoms with Gasteiger partial charge < -0.3 is 9.80 Å². The zero-order valence-corrected chi connectivity index (χ0v) is 17.9. The van der Waals surface area contributed by atoms with E-state index in [1.807, 2.05) is 66.6 Å². The largest absolute Gasteiger partial charge is 0.337 e. The number of anilines is 1. The van der Waals surface area contributed by atoms with Gasteiger partial charge in [0.05, 0.1) is 11.3 Å². The van der Waals surface area contributed by atoms with Crippen molar-refractivity contribution < 1.29 is 4.79 Å². The van der Waals surface area contributed by atoms with Gasteiger partial charge >= 0.3 is 0 Å². The fourth-order valence-electron chi connectivity index (χ4n) is 3.98. The Morgan fingerprint density at radius 3 is 2.34 bits per heavy atom. The molecule has 1 amide bonds. The highest BCUT2D eigenvalue weighted by molar-refractivity contribution is 6.00. The van der Waals surface area contributed by atoms with Crippen molar-refractivity contribution >= 4 is 11.9 Å². The van der Waals surface area contributed by atoms with Crippen LogP contribution < -0.4 is 4.90 Å². The number of carbonyl (C=O) groups is 1. The molecule has 5 rings (SSSR count). The summed E-state index contributed by atoms with van der Waals surface area (Å²) in [5.74, 6) is 0.703. The molecule has 0 bridgehead atoms. The quantitative estimate of drug-likeness (QED) is 0.501. The third kappa shape index (κ3) is 3.97. The molecule has 0 saturated carbocycles. The maximum Gasteiger partial charge on any atom is 0.257 e. The molecule has 1 fully saturated rings. The second kappa shape index (κ2) is 8.63. The molecule has 4 aromatic rings. The smallest absolute Gasteiger partial charge is 0.257 e. The second-order valence-electron chi connectivity index (χ2n) is 7.87. The highest BCUT2D eigenvalue weighted by Gasteiger charge is 2.27. The number of amides is 1. The Bertz CT molecular complexity index is 1210. The molecule has 0 unspecified atom stereocenters. The number of aromatic nitrogens is 4. The molecular formula is C25H24N6O. The predicted octanol–water partition coefficient (Wildman–Crippen LogP) is 3.60. The van der Waals surface area contributed by atoms with Crippen LogP contribution in [0.4, 0.5) is 5.95 Å². The minimum absolute atomic E-state index is 0.00248. The molecule has 0 radical (unpaired) electrons. The van der Waals surface area contributed by atoms with E-state index in [1.165, 1.54) is 0 Å². The molecule has 3 heterocycles. The van der Waals surface area contributed by atoms with Crippen molar-refractivity contribution in [2.45, 2.75) is 6.92 Å². The Morgan fingerprint density at radius 1 is 0.875 bits per heavy atom. The molecule has 1 aliphatic rings. The summed E-state index contributed by atoms with van der Waals surface area (Å²) in [5, 5.41) is 4.81. The average molecular weight is 425 g/mol. The van der Waals surface area contributed by atoms with E-state index in [9.17, 15) is 4.79 Å².